The summed E-state index contributed by atoms with van der Waals surface area (Å²) in [5.41, 5.74) is 0. The van der Waals surface area contributed by atoms with Crippen LogP contribution in [0.1, 0.15) is 117 Å². The van der Waals surface area contributed by atoms with Crippen LogP contribution in [0, 0.1) is 0 Å². The van der Waals surface area contributed by atoms with Gasteiger partial charge in [0.15, 0.2) is 0 Å². The molecule has 4 nitrogen and oxygen atoms in total. The van der Waals surface area contributed by atoms with Gasteiger partial charge in [-0.15, -0.1) is 0 Å². The first-order chi connectivity index (χ1) is 12.2. The first kappa shape index (κ1) is 27.8. The summed E-state index contributed by atoms with van der Waals surface area (Å²) in [7, 11) is 0. The van der Waals surface area contributed by atoms with Crippen molar-refractivity contribution >= 4 is 29.7 Å². The van der Waals surface area contributed by atoms with Gasteiger partial charge in [-0.25, -0.2) is 0 Å². The Bertz CT molecular complexity index is 331. The van der Waals surface area contributed by atoms with Crippen molar-refractivity contribution < 1.29 is 19.8 Å². The molecule has 0 saturated carbocycles. The number of aliphatic carboxylic acids is 2. The quantitative estimate of drug-likeness (QED) is 0.189. The third kappa shape index (κ3) is 25.8. The zero-order valence-corrected chi connectivity index (χ0v) is 17.8. The van der Waals surface area contributed by atoms with Crippen LogP contribution in [0.2, 0.25) is 4.09 Å². The van der Waals surface area contributed by atoms with E-state index in [0.717, 1.165) is 0 Å². The number of carboxylic acid groups (broad SMARTS) is 2. The van der Waals surface area contributed by atoms with Crippen LogP contribution in [0.3, 0.4) is 0 Å². The third-order valence-corrected chi connectivity index (χ3v) is 4.72. The van der Waals surface area contributed by atoms with Crippen molar-refractivity contribution in [1.29, 1.82) is 0 Å². The van der Waals surface area contributed by atoms with E-state index in [1.807, 2.05) is 0 Å². The number of rotatable bonds is 16. The fourth-order valence-electron chi connectivity index (χ4n) is 3.00. The maximum atomic E-state index is 9.43. The number of hydrogen-bond donors (Lipinski definition) is 2. The average molecular weight is 364 g/mol. The standard InChI is InChI=1S/C18H37.C3H4O4.Li/c1-4-6-8-9-10-11-12-13-14-15-17-18(3)16-7-5-2;4-2(5)1-3(6)7;/h4-17H2,1-3H3;1H2,(H,4,5)(H,6,7);. The van der Waals surface area contributed by atoms with E-state index < -0.39 is 18.4 Å². The number of carboxylic acids is 2. The van der Waals surface area contributed by atoms with Crippen molar-refractivity contribution in [3.8, 4) is 0 Å². The Morgan fingerprint density at radius 2 is 1.04 bits per heavy atom. The molecule has 0 aliphatic carbocycles. The van der Waals surface area contributed by atoms with E-state index in [1.165, 1.54) is 89.9 Å². The van der Waals surface area contributed by atoms with Crippen molar-refractivity contribution in [2.45, 2.75) is 121 Å². The van der Waals surface area contributed by atoms with Gasteiger partial charge in [0, 0.05) is 0 Å². The molecule has 26 heavy (non-hydrogen) atoms. The van der Waals surface area contributed by atoms with E-state index in [-0.39, 0.29) is 0 Å². The van der Waals surface area contributed by atoms with Gasteiger partial charge in [-0.1, -0.05) is 6.92 Å². The summed E-state index contributed by atoms with van der Waals surface area (Å²) in [6.07, 6.45) is 19.3. The van der Waals surface area contributed by atoms with E-state index in [2.05, 4.69) is 38.5 Å². The van der Waals surface area contributed by atoms with Crippen LogP contribution >= 0.6 is 0 Å². The van der Waals surface area contributed by atoms with Gasteiger partial charge in [0.1, 0.15) is 6.42 Å². The maximum absolute atomic E-state index is 9.43. The van der Waals surface area contributed by atoms with Crippen molar-refractivity contribution in [1.82, 2.24) is 0 Å². The molecule has 0 aromatic rings. The molecule has 0 amide bonds. The van der Waals surface area contributed by atoms with Gasteiger partial charge < -0.3 is 10.2 Å². The van der Waals surface area contributed by atoms with E-state index in [4.69, 9.17) is 10.2 Å². The summed E-state index contributed by atoms with van der Waals surface area (Å²) in [5.74, 6) is -2.62. The summed E-state index contributed by atoms with van der Waals surface area (Å²) in [6.45, 7) is 7.05. The van der Waals surface area contributed by atoms with Crippen LogP contribution in [-0.4, -0.2) is 39.9 Å². The molecule has 0 rings (SSSR count). The molecule has 0 saturated heterocycles. The molecular weight excluding hydrogens is 323 g/mol. The fraction of sp³-hybridized carbons (Fsp3) is 0.905. The average Bonchev–Trinajstić information content (AvgIpc) is 2.54. The zero-order chi connectivity index (χ0) is 20.3. The van der Waals surface area contributed by atoms with Gasteiger partial charge in [0.2, 0.25) is 0 Å². The zero-order valence-electron chi connectivity index (χ0n) is 17.8. The Morgan fingerprint density at radius 3 is 1.38 bits per heavy atom. The molecule has 0 heterocycles. The van der Waals surface area contributed by atoms with Gasteiger partial charge in [0.25, 0.3) is 0 Å². The third-order valence-electron chi connectivity index (χ3n) is 4.72. The molecule has 0 spiro atoms. The van der Waals surface area contributed by atoms with Crippen molar-refractivity contribution in [2.24, 2.45) is 0 Å². The monoisotopic (exact) mass is 364 g/mol. The second kappa shape index (κ2) is 19.3. The van der Waals surface area contributed by atoms with Gasteiger partial charge >= 0.3 is 137 Å². The van der Waals surface area contributed by atoms with Crippen molar-refractivity contribution in [3.05, 3.63) is 0 Å². The number of carbonyl (C=O) groups is 2. The normalized spacial score (nSPS) is 12.8. The topological polar surface area (TPSA) is 74.6 Å². The molecule has 0 fully saturated rings. The minimum Gasteiger partial charge on any atom is -0.0654 e. The van der Waals surface area contributed by atoms with Crippen LogP contribution in [0.25, 0.3) is 0 Å². The number of hydrogen-bond acceptors (Lipinski definition) is 2. The Balaban J connectivity index is 0. The first-order valence-electron chi connectivity index (χ1n) is 10.7. The Hall–Kier alpha value is -0.463. The molecule has 0 bridgehead atoms. The minimum absolute atomic E-state index is 0.593. The van der Waals surface area contributed by atoms with E-state index in [0.29, 0.717) is 4.09 Å². The van der Waals surface area contributed by atoms with Crippen LogP contribution in [0.4, 0.5) is 0 Å². The molecule has 150 valence electrons. The SMILES string of the molecule is O=C(O)CC(=O)O.[Li][C](C)(CCCC)CCCCCCCCCCCC. The molecule has 5 heteroatoms. The summed E-state index contributed by atoms with van der Waals surface area (Å²) in [6, 6.07) is 0. The molecule has 0 aromatic carbocycles. The van der Waals surface area contributed by atoms with E-state index in [1.54, 1.807) is 0 Å². The van der Waals surface area contributed by atoms with Crippen LogP contribution in [0.5, 0.6) is 0 Å². The van der Waals surface area contributed by atoms with Crippen LogP contribution in [-0.2, 0) is 9.59 Å². The summed E-state index contributed by atoms with van der Waals surface area (Å²) >= 11 is 2.45. The minimum atomic E-state index is -1.31. The van der Waals surface area contributed by atoms with Gasteiger partial charge in [-0.3, -0.25) is 9.59 Å². The van der Waals surface area contributed by atoms with Crippen LogP contribution in [0.15, 0.2) is 0 Å². The predicted molar refractivity (Wildman–Crippen MR) is 110 cm³/mol. The van der Waals surface area contributed by atoms with Gasteiger partial charge in [-0.05, 0) is 0 Å². The smallest absolute Gasteiger partial charge is 0.0654 e. The predicted octanol–water partition coefficient (Wildman–Crippen LogP) is 6.38. The van der Waals surface area contributed by atoms with Crippen molar-refractivity contribution in [2.75, 3.05) is 0 Å². The van der Waals surface area contributed by atoms with E-state index >= 15 is 0 Å². The first-order valence-corrected chi connectivity index (χ1v) is 10.7. The second-order valence-electron chi connectivity index (χ2n) is 8.16. The Morgan fingerprint density at radius 1 is 0.692 bits per heavy atom. The van der Waals surface area contributed by atoms with Gasteiger partial charge in [0.05, 0.1) is 0 Å². The summed E-state index contributed by atoms with van der Waals surface area (Å²) in [4.78, 5) is 18.9. The molecule has 0 aromatic heterocycles. The molecule has 0 aliphatic heterocycles. The summed E-state index contributed by atoms with van der Waals surface area (Å²) in [5, 5.41) is 15.4. The number of unbranched alkanes of at least 4 members (excludes halogenated alkanes) is 10. The molecule has 2 N–H and O–H groups in total. The summed E-state index contributed by atoms with van der Waals surface area (Å²) < 4.78 is 0.593. The Labute approximate surface area is 170 Å². The molecule has 0 aliphatic rings. The fourth-order valence-corrected chi connectivity index (χ4v) is 3.00. The Kier molecular flexibility index (Phi) is 20.6. The van der Waals surface area contributed by atoms with Crippen LogP contribution < -0.4 is 0 Å². The molecule has 1 unspecified atom stereocenters. The second-order valence-corrected chi connectivity index (χ2v) is 8.16. The van der Waals surface area contributed by atoms with Gasteiger partial charge in [-0.2, -0.15) is 0 Å². The molecule has 1 atom stereocenters. The van der Waals surface area contributed by atoms with E-state index in [9.17, 15) is 9.59 Å². The van der Waals surface area contributed by atoms with Crippen molar-refractivity contribution in [3.63, 3.8) is 0 Å². The molecule has 0 radical (unpaired) electrons. The molecular formula is C21H41LiO4.